The van der Waals surface area contributed by atoms with Gasteiger partial charge in [-0.2, -0.15) is 9.66 Å². The molecule has 3 heterocycles. The number of aromatic amines is 1. The summed E-state index contributed by atoms with van der Waals surface area (Å²) in [5, 5.41) is 20.4. The van der Waals surface area contributed by atoms with Crippen molar-refractivity contribution in [1.29, 1.82) is 0 Å². The van der Waals surface area contributed by atoms with E-state index in [4.69, 9.17) is 5.73 Å². The number of fused-ring (bicyclic) bond motifs is 1. The van der Waals surface area contributed by atoms with E-state index in [0.29, 0.717) is 13.0 Å². The van der Waals surface area contributed by atoms with Crippen LogP contribution in [0.15, 0.2) is 11.1 Å². The third-order valence-corrected chi connectivity index (χ3v) is 3.63. The lowest BCUT2D eigenvalue weighted by Crippen LogP contribution is -2.71. The summed E-state index contributed by atoms with van der Waals surface area (Å²) < 4.78 is 1.18. The van der Waals surface area contributed by atoms with Gasteiger partial charge in [0, 0.05) is 6.54 Å². The summed E-state index contributed by atoms with van der Waals surface area (Å²) in [4.78, 5) is 22.9. The second-order valence-corrected chi connectivity index (χ2v) is 4.60. The molecule has 0 saturated carbocycles. The molecule has 9 heteroatoms. The number of nitrogens with one attached hydrogen (secondary N) is 1. The molecule has 2 aromatic rings. The van der Waals surface area contributed by atoms with Crippen molar-refractivity contribution in [1.82, 2.24) is 19.6 Å². The van der Waals surface area contributed by atoms with Crippen molar-refractivity contribution in [3.63, 3.8) is 0 Å². The maximum absolute atomic E-state index is 12.3. The van der Waals surface area contributed by atoms with Crippen LogP contribution in [0.2, 0.25) is 0 Å². The van der Waals surface area contributed by atoms with Gasteiger partial charge in [0.25, 0.3) is 5.56 Å². The Balaban J connectivity index is 2.18. The minimum Gasteiger partial charge on any atom is -0.394 e. The SMILES string of the molecule is Nc1nc2nc[nH]c2c(=O)n1N1CCC1(CO)CO. The van der Waals surface area contributed by atoms with Gasteiger partial charge >= 0.3 is 0 Å². The third kappa shape index (κ3) is 1.45. The molecule has 102 valence electrons. The molecule has 1 aliphatic heterocycles. The predicted octanol–water partition coefficient (Wildman–Crippen LogP) is -2.23. The van der Waals surface area contributed by atoms with Crippen LogP contribution in [0.25, 0.3) is 11.2 Å². The number of aliphatic hydroxyl groups is 2. The van der Waals surface area contributed by atoms with Gasteiger partial charge in [-0.1, -0.05) is 0 Å². The molecule has 2 aromatic heterocycles. The first-order valence-electron chi connectivity index (χ1n) is 5.84. The van der Waals surface area contributed by atoms with Gasteiger partial charge in [0.15, 0.2) is 11.2 Å². The lowest BCUT2D eigenvalue weighted by Gasteiger charge is -2.52. The number of nitrogen functional groups attached to an aromatic ring is 1. The van der Waals surface area contributed by atoms with Gasteiger partial charge < -0.3 is 20.9 Å². The van der Waals surface area contributed by atoms with E-state index in [0.717, 1.165) is 0 Å². The minimum atomic E-state index is -0.868. The summed E-state index contributed by atoms with van der Waals surface area (Å²) >= 11 is 0. The Labute approximate surface area is 107 Å². The first-order valence-corrected chi connectivity index (χ1v) is 5.84. The van der Waals surface area contributed by atoms with Gasteiger partial charge in [0.1, 0.15) is 5.54 Å². The largest absolute Gasteiger partial charge is 0.394 e. The van der Waals surface area contributed by atoms with E-state index in [9.17, 15) is 15.0 Å². The third-order valence-electron chi connectivity index (χ3n) is 3.63. The first-order chi connectivity index (χ1) is 9.13. The Morgan fingerprint density at radius 3 is 2.79 bits per heavy atom. The van der Waals surface area contributed by atoms with E-state index in [2.05, 4.69) is 15.0 Å². The zero-order valence-electron chi connectivity index (χ0n) is 10.1. The summed E-state index contributed by atoms with van der Waals surface area (Å²) in [5.41, 5.74) is 5.01. The second-order valence-electron chi connectivity index (χ2n) is 4.60. The van der Waals surface area contributed by atoms with Crippen LogP contribution >= 0.6 is 0 Å². The van der Waals surface area contributed by atoms with Crippen molar-refractivity contribution in [3.05, 3.63) is 16.7 Å². The van der Waals surface area contributed by atoms with Crippen LogP contribution in [0.5, 0.6) is 0 Å². The maximum atomic E-state index is 12.3. The van der Waals surface area contributed by atoms with Crippen LogP contribution in [0.3, 0.4) is 0 Å². The van der Waals surface area contributed by atoms with Crippen LogP contribution in [0, 0.1) is 0 Å². The van der Waals surface area contributed by atoms with Gasteiger partial charge in [-0.25, -0.2) is 4.98 Å². The zero-order valence-corrected chi connectivity index (χ0v) is 10.1. The van der Waals surface area contributed by atoms with Crippen molar-refractivity contribution in [3.8, 4) is 0 Å². The fraction of sp³-hybridized carbons (Fsp3) is 0.500. The predicted molar refractivity (Wildman–Crippen MR) is 67.2 cm³/mol. The topological polar surface area (TPSA) is 133 Å². The normalized spacial score (nSPS) is 17.7. The number of hydrogen-bond acceptors (Lipinski definition) is 7. The summed E-state index contributed by atoms with van der Waals surface area (Å²) in [6.45, 7) is -0.0284. The molecule has 9 nitrogen and oxygen atoms in total. The molecule has 0 spiro atoms. The Kier molecular flexibility index (Phi) is 2.47. The Morgan fingerprint density at radius 1 is 1.47 bits per heavy atom. The number of aromatic nitrogens is 4. The van der Waals surface area contributed by atoms with Gasteiger partial charge in [-0.15, -0.1) is 0 Å². The number of H-pyrrole nitrogens is 1. The lowest BCUT2D eigenvalue weighted by atomic mass is 9.88. The molecule has 0 atom stereocenters. The molecule has 0 amide bonds. The number of aliphatic hydroxyl groups excluding tert-OH is 2. The molecular formula is C10H14N6O3. The van der Waals surface area contributed by atoms with Crippen molar-refractivity contribution >= 4 is 17.1 Å². The van der Waals surface area contributed by atoms with Crippen LogP contribution in [-0.4, -0.2) is 55.1 Å². The lowest BCUT2D eigenvalue weighted by molar-refractivity contribution is 0.0490. The van der Waals surface area contributed by atoms with E-state index >= 15 is 0 Å². The molecule has 3 rings (SSSR count). The van der Waals surface area contributed by atoms with Crippen molar-refractivity contribution in [2.75, 3.05) is 30.5 Å². The number of imidazole rings is 1. The van der Waals surface area contributed by atoms with Crippen LogP contribution < -0.4 is 16.3 Å². The highest BCUT2D eigenvalue weighted by atomic mass is 16.3. The highest BCUT2D eigenvalue weighted by Gasteiger charge is 2.46. The maximum Gasteiger partial charge on any atom is 0.299 e. The van der Waals surface area contributed by atoms with Gasteiger partial charge in [0.2, 0.25) is 5.95 Å². The summed E-state index contributed by atoms with van der Waals surface area (Å²) in [6.07, 6.45) is 1.94. The van der Waals surface area contributed by atoms with Crippen LogP contribution in [0.1, 0.15) is 6.42 Å². The highest BCUT2D eigenvalue weighted by molar-refractivity contribution is 5.70. The molecule has 0 aromatic carbocycles. The summed E-state index contributed by atoms with van der Waals surface area (Å²) in [6, 6.07) is 0. The number of nitrogens with zero attached hydrogens (tertiary/aromatic N) is 4. The molecule has 1 fully saturated rings. The molecule has 0 radical (unpaired) electrons. The number of rotatable bonds is 3. The van der Waals surface area contributed by atoms with Gasteiger partial charge in [-0.05, 0) is 6.42 Å². The quantitative estimate of drug-likeness (QED) is 0.494. The number of hydrogen-bond donors (Lipinski definition) is 4. The Hall–Kier alpha value is -2.13. The van der Waals surface area contributed by atoms with Crippen LogP contribution in [-0.2, 0) is 0 Å². The summed E-state index contributed by atoms with van der Waals surface area (Å²) in [5.74, 6) is -0.0180. The molecular weight excluding hydrogens is 252 g/mol. The number of nitrogens with two attached hydrogens (primary N) is 1. The monoisotopic (exact) mass is 266 g/mol. The fourth-order valence-electron chi connectivity index (χ4n) is 2.34. The molecule has 19 heavy (non-hydrogen) atoms. The average molecular weight is 266 g/mol. The van der Waals surface area contributed by atoms with E-state index in [1.807, 2.05) is 0 Å². The minimum absolute atomic E-state index is 0.0180. The molecule has 0 unspecified atom stereocenters. The Bertz CT molecular complexity index is 668. The van der Waals surface area contributed by atoms with Gasteiger partial charge in [-0.3, -0.25) is 9.80 Å². The molecule has 0 bridgehead atoms. The fourth-order valence-corrected chi connectivity index (χ4v) is 2.34. The van der Waals surface area contributed by atoms with E-state index in [1.165, 1.54) is 16.0 Å². The Morgan fingerprint density at radius 2 is 2.21 bits per heavy atom. The van der Waals surface area contributed by atoms with Crippen LogP contribution in [0.4, 0.5) is 5.95 Å². The van der Waals surface area contributed by atoms with E-state index in [-0.39, 0.29) is 30.3 Å². The molecule has 1 aliphatic rings. The molecule has 5 N–H and O–H groups in total. The summed E-state index contributed by atoms with van der Waals surface area (Å²) in [7, 11) is 0. The molecule has 0 aliphatic carbocycles. The molecule has 1 saturated heterocycles. The zero-order chi connectivity index (χ0) is 13.6. The smallest absolute Gasteiger partial charge is 0.299 e. The highest BCUT2D eigenvalue weighted by Crippen LogP contribution is 2.28. The van der Waals surface area contributed by atoms with Crippen molar-refractivity contribution in [2.24, 2.45) is 0 Å². The van der Waals surface area contributed by atoms with Crippen molar-refractivity contribution in [2.45, 2.75) is 12.0 Å². The van der Waals surface area contributed by atoms with Gasteiger partial charge in [0.05, 0.1) is 19.5 Å². The number of anilines is 1. The average Bonchev–Trinajstić information content (AvgIpc) is 2.83. The van der Waals surface area contributed by atoms with E-state index in [1.54, 1.807) is 0 Å². The standard InChI is InChI=1S/C10H14N6O3/c11-9-14-7-6(12-5-13-7)8(19)16(9)15-2-1-10(15,3-17)4-18/h5,17-18H,1-4H2,(H2,11,14)(H,12,13). The van der Waals surface area contributed by atoms with E-state index < -0.39 is 11.1 Å². The second kappa shape index (κ2) is 3.93. The van der Waals surface area contributed by atoms with Crippen molar-refractivity contribution < 1.29 is 10.2 Å². The first kappa shape index (κ1) is 11.9.